The summed E-state index contributed by atoms with van der Waals surface area (Å²) >= 11 is 0. The normalized spacial score (nSPS) is 17.2. The molecule has 0 unspecified atom stereocenters. The number of para-hydroxylation sites is 1. The second kappa shape index (κ2) is 10.00. The number of hydrogen-bond donors (Lipinski definition) is 0. The van der Waals surface area contributed by atoms with Gasteiger partial charge in [0.1, 0.15) is 29.4 Å². The van der Waals surface area contributed by atoms with Crippen molar-refractivity contribution >= 4 is 5.69 Å². The predicted octanol–water partition coefficient (Wildman–Crippen LogP) is 8.09. The lowest BCUT2D eigenvalue weighted by molar-refractivity contribution is 0.0260. The highest BCUT2D eigenvalue weighted by atomic mass is 16.7. The summed E-state index contributed by atoms with van der Waals surface area (Å²) in [7, 11) is 1.69. The van der Waals surface area contributed by atoms with Crippen molar-refractivity contribution in [3.63, 3.8) is 0 Å². The van der Waals surface area contributed by atoms with E-state index in [9.17, 15) is 0 Å². The Labute approximate surface area is 217 Å². The number of furan rings is 1. The summed E-state index contributed by atoms with van der Waals surface area (Å²) in [5.74, 6) is 2.62. The Kier molecular flexibility index (Phi) is 6.25. The Hall–Kier alpha value is -4.28. The van der Waals surface area contributed by atoms with E-state index in [-0.39, 0.29) is 12.1 Å². The summed E-state index contributed by atoms with van der Waals surface area (Å²) in [5, 5.41) is 2.06. The molecule has 2 heterocycles. The van der Waals surface area contributed by atoms with E-state index in [2.05, 4.69) is 84.8 Å². The van der Waals surface area contributed by atoms with Crippen molar-refractivity contribution < 1.29 is 14.0 Å². The molecular weight excluding hydrogens is 458 g/mol. The van der Waals surface area contributed by atoms with Crippen LogP contribution < -0.4 is 9.80 Å². The highest BCUT2D eigenvalue weighted by molar-refractivity contribution is 5.68. The van der Waals surface area contributed by atoms with Crippen LogP contribution in [0.2, 0.25) is 0 Å². The first-order valence-corrected chi connectivity index (χ1v) is 12.6. The number of methoxy groups -OCH3 is 1. The molecule has 4 nitrogen and oxygen atoms in total. The van der Waals surface area contributed by atoms with E-state index in [4.69, 9.17) is 14.0 Å². The van der Waals surface area contributed by atoms with Gasteiger partial charge < -0.3 is 9.15 Å². The molecule has 4 aromatic carbocycles. The minimum absolute atomic E-state index is 0.177. The molecule has 184 valence electrons. The lowest BCUT2D eigenvalue weighted by Gasteiger charge is -2.34. The highest BCUT2D eigenvalue weighted by Gasteiger charge is 2.38. The lowest BCUT2D eigenvalue weighted by Crippen LogP contribution is -2.30. The maximum absolute atomic E-state index is 6.95. The molecule has 0 radical (unpaired) electrons. The smallest absolute Gasteiger partial charge is 0.140 e. The van der Waals surface area contributed by atoms with Crippen LogP contribution in [0.1, 0.15) is 40.2 Å². The fourth-order valence-corrected chi connectivity index (χ4v) is 5.20. The molecule has 0 saturated carbocycles. The summed E-state index contributed by atoms with van der Waals surface area (Å²) in [4.78, 5) is 6.95. The number of anilines is 1. The zero-order chi connectivity index (χ0) is 25.2. The SMILES string of the molecule is COc1ccc([C@@H]2c3c(-c4ccccc4)oc(C)c3C[C@H](c3ccccc3)ON2c2ccccc2)cc1. The third-order valence-electron chi connectivity index (χ3n) is 7.04. The fraction of sp³-hybridized carbons (Fsp3) is 0.152. The van der Waals surface area contributed by atoms with Gasteiger partial charge in [-0.25, -0.2) is 5.06 Å². The average Bonchev–Trinajstić information content (AvgIpc) is 3.17. The zero-order valence-electron chi connectivity index (χ0n) is 21.0. The fourth-order valence-electron chi connectivity index (χ4n) is 5.20. The van der Waals surface area contributed by atoms with Crippen LogP contribution in [0.3, 0.4) is 0 Å². The molecule has 1 aliphatic heterocycles. The summed E-state index contributed by atoms with van der Waals surface area (Å²) < 4.78 is 12.0. The number of hydroxylamine groups is 1. The van der Waals surface area contributed by atoms with Crippen LogP contribution >= 0.6 is 0 Å². The Morgan fingerprint density at radius 3 is 2.00 bits per heavy atom. The Morgan fingerprint density at radius 2 is 1.35 bits per heavy atom. The van der Waals surface area contributed by atoms with Crippen LogP contribution in [0.5, 0.6) is 5.75 Å². The average molecular weight is 488 g/mol. The van der Waals surface area contributed by atoms with Gasteiger partial charge in [-0.05, 0) is 42.3 Å². The molecule has 0 bridgehead atoms. The first kappa shape index (κ1) is 23.1. The molecule has 0 N–H and O–H groups in total. The van der Waals surface area contributed by atoms with Crippen molar-refractivity contribution in [1.29, 1.82) is 0 Å². The highest BCUT2D eigenvalue weighted by Crippen LogP contribution is 2.47. The minimum Gasteiger partial charge on any atom is -0.497 e. The van der Waals surface area contributed by atoms with Gasteiger partial charge in [0.05, 0.1) is 12.8 Å². The Bertz CT molecular complexity index is 1460. The lowest BCUT2D eigenvalue weighted by atomic mass is 9.89. The van der Waals surface area contributed by atoms with Crippen molar-refractivity contribution in [2.24, 2.45) is 0 Å². The second-order valence-corrected chi connectivity index (χ2v) is 9.29. The van der Waals surface area contributed by atoms with Crippen molar-refractivity contribution in [1.82, 2.24) is 0 Å². The van der Waals surface area contributed by atoms with Crippen molar-refractivity contribution in [2.75, 3.05) is 12.2 Å². The van der Waals surface area contributed by atoms with Crippen LogP contribution in [0.25, 0.3) is 11.3 Å². The van der Waals surface area contributed by atoms with E-state index in [0.717, 1.165) is 45.2 Å². The number of aryl methyl sites for hydroxylation is 1. The molecule has 0 fully saturated rings. The van der Waals surface area contributed by atoms with Gasteiger partial charge in [-0.15, -0.1) is 0 Å². The first-order chi connectivity index (χ1) is 18.2. The van der Waals surface area contributed by atoms with E-state index in [1.54, 1.807) is 7.11 Å². The van der Waals surface area contributed by atoms with E-state index in [0.29, 0.717) is 6.42 Å². The third-order valence-corrected chi connectivity index (χ3v) is 7.04. The van der Waals surface area contributed by atoms with E-state index >= 15 is 0 Å². The van der Waals surface area contributed by atoms with E-state index in [1.807, 2.05) is 42.5 Å². The number of benzene rings is 4. The quantitative estimate of drug-likeness (QED) is 0.251. The molecule has 5 aromatic rings. The monoisotopic (exact) mass is 487 g/mol. The van der Waals surface area contributed by atoms with Crippen LogP contribution in [0.15, 0.2) is 120 Å². The molecule has 4 heteroatoms. The van der Waals surface area contributed by atoms with Gasteiger partial charge in [0, 0.05) is 23.1 Å². The van der Waals surface area contributed by atoms with Crippen LogP contribution in [0, 0.1) is 6.92 Å². The molecular formula is C33H29NO3. The van der Waals surface area contributed by atoms with Gasteiger partial charge in [0.2, 0.25) is 0 Å². The number of fused-ring (bicyclic) bond motifs is 1. The molecule has 1 aromatic heterocycles. The van der Waals surface area contributed by atoms with Crippen LogP contribution in [0.4, 0.5) is 5.69 Å². The maximum atomic E-state index is 6.95. The van der Waals surface area contributed by atoms with E-state index in [1.165, 1.54) is 5.56 Å². The number of nitrogens with zero attached hydrogens (tertiary/aromatic N) is 1. The van der Waals surface area contributed by atoms with Crippen molar-refractivity contribution in [2.45, 2.75) is 25.5 Å². The standard InChI is InChI=1S/C33H29NO3/c1-23-29-22-30(24-12-6-3-7-13-24)37-34(27-16-10-5-11-17-27)32(25-18-20-28(35-2)21-19-25)31(29)33(36-23)26-14-8-4-9-15-26/h3-21,30,32H,22H2,1-2H3/t30-,32-/m1/s1. The molecule has 0 saturated heterocycles. The van der Waals surface area contributed by atoms with Gasteiger partial charge in [0.15, 0.2) is 0 Å². The Morgan fingerprint density at radius 1 is 0.730 bits per heavy atom. The van der Waals surface area contributed by atoms with Gasteiger partial charge in [-0.2, -0.15) is 0 Å². The topological polar surface area (TPSA) is 34.8 Å². The molecule has 0 aliphatic carbocycles. The van der Waals surface area contributed by atoms with Gasteiger partial charge in [-0.3, -0.25) is 4.84 Å². The molecule has 0 spiro atoms. The number of hydrogen-bond acceptors (Lipinski definition) is 4. The van der Waals surface area contributed by atoms with Gasteiger partial charge in [0.25, 0.3) is 0 Å². The summed E-state index contributed by atoms with van der Waals surface area (Å²) in [5.41, 5.74) is 6.58. The summed E-state index contributed by atoms with van der Waals surface area (Å²) in [6, 6.07) is 39.1. The zero-order valence-corrected chi connectivity index (χ0v) is 21.0. The molecule has 37 heavy (non-hydrogen) atoms. The molecule has 2 atom stereocenters. The predicted molar refractivity (Wildman–Crippen MR) is 147 cm³/mol. The Balaban J connectivity index is 1.62. The molecule has 6 rings (SSSR count). The summed E-state index contributed by atoms with van der Waals surface area (Å²) in [6.07, 6.45) is 0.528. The minimum atomic E-state index is -0.232. The van der Waals surface area contributed by atoms with Crippen LogP contribution in [-0.2, 0) is 11.3 Å². The number of ether oxygens (including phenoxy) is 1. The van der Waals surface area contributed by atoms with Crippen molar-refractivity contribution in [3.05, 3.63) is 143 Å². The summed E-state index contributed by atoms with van der Waals surface area (Å²) in [6.45, 7) is 2.07. The van der Waals surface area contributed by atoms with Gasteiger partial charge in [-0.1, -0.05) is 91.0 Å². The van der Waals surface area contributed by atoms with Gasteiger partial charge >= 0.3 is 0 Å². The third kappa shape index (κ3) is 4.41. The second-order valence-electron chi connectivity index (χ2n) is 9.29. The van der Waals surface area contributed by atoms with Crippen molar-refractivity contribution in [3.8, 4) is 17.1 Å². The number of rotatable bonds is 5. The first-order valence-electron chi connectivity index (χ1n) is 12.6. The van der Waals surface area contributed by atoms with E-state index < -0.39 is 0 Å². The maximum Gasteiger partial charge on any atom is 0.140 e. The van der Waals surface area contributed by atoms with Crippen LogP contribution in [-0.4, -0.2) is 7.11 Å². The largest absolute Gasteiger partial charge is 0.497 e. The molecule has 1 aliphatic rings. The molecule has 0 amide bonds.